The summed E-state index contributed by atoms with van der Waals surface area (Å²) in [5.74, 6) is 0.496. The van der Waals surface area contributed by atoms with Gasteiger partial charge in [-0.3, -0.25) is 4.90 Å². The van der Waals surface area contributed by atoms with Crippen molar-refractivity contribution in [3.05, 3.63) is 78.9 Å². The average molecular weight is 392 g/mol. The molecular formula is C25H31N2O2+. The number of benzene rings is 2. The Labute approximate surface area is 174 Å². The number of piperidine rings is 3. The summed E-state index contributed by atoms with van der Waals surface area (Å²) in [6.45, 7) is 8.80. The van der Waals surface area contributed by atoms with Gasteiger partial charge in [0.15, 0.2) is 6.10 Å². The Morgan fingerprint density at radius 3 is 2.38 bits per heavy atom. The molecule has 3 heterocycles. The summed E-state index contributed by atoms with van der Waals surface area (Å²) < 4.78 is 7.16. The van der Waals surface area contributed by atoms with Gasteiger partial charge in [0.1, 0.15) is 6.54 Å². The van der Waals surface area contributed by atoms with Crippen LogP contribution >= 0.6 is 0 Å². The lowest BCUT2D eigenvalue weighted by atomic mass is 9.83. The Morgan fingerprint density at radius 1 is 1.07 bits per heavy atom. The summed E-state index contributed by atoms with van der Waals surface area (Å²) in [4.78, 5) is 15.0. The van der Waals surface area contributed by atoms with E-state index in [0.717, 1.165) is 42.5 Å². The van der Waals surface area contributed by atoms with Crippen LogP contribution in [0.15, 0.2) is 73.3 Å². The van der Waals surface area contributed by atoms with E-state index in [0.29, 0.717) is 12.5 Å². The van der Waals surface area contributed by atoms with E-state index in [1.807, 2.05) is 54.6 Å². The molecule has 1 atom stereocenters. The Balaban J connectivity index is 1.47. The lowest BCUT2D eigenvalue weighted by Crippen LogP contribution is -2.64. The number of para-hydroxylation sites is 1. The molecule has 3 fully saturated rings. The molecule has 0 aromatic heterocycles. The number of carbonyl (C=O) groups excluding carboxylic acids is 1. The van der Waals surface area contributed by atoms with Crippen molar-refractivity contribution in [2.75, 3.05) is 37.6 Å². The summed E-state index contributed by atoms with van der Waals surface area (Å²) in [5.41, 5.74) is 2.12. The van der Waals surface area contributed by atoms with E-state index in [9.17, 15) is 4.79 Å². The molecule has 29 heavy (non-hydrogen) atoms. The normalized spacial score (nSPS) is 25.4. The highest BCUT2D eigenvalue weighted by molar-refractivity contribution is 5.87. The van der Waals surface area contributed by atoms with Gasteiger partial charge in [0.25, 0.3) is 0 Å². The van der Waals surface area contributed by atoms with Crippen LogP contribution in [0.2, 0.25) is 0 Å². The molecule has 4 nitrogen and oxygen atoms in total. The van der Waals surface area contributed by atoms with Crippen LogP contribution in [0.5, 0.6) is 0 Å². The molecule has 0 saturated carbocycles. The molecular weight excluding hydrogens is 360 g/mol. The van der Waals surface area contributed by atoms with Crippen LogP contribution in [0.1, 0.15) is 18.4 Å². The van der Waals surface area contributed by atoms with Crippen molar-refractivity contribution < 1.29 is 14.0 Å². The number of anilines is 1. The summed E-state index contributed by atoms with van der Waals surface area (Å²) in [6.07, 6.45) is 4.88. The third-order valence-corrected chi connectivity index (χ3v) is 6.57. The van der Waals surface area contributed by atoms with Gasteiger partial charge in [-0.05, 0) is 30.2 Å². The molecule has 3 saturated heterocycles. The van der Waals surface area contributed by atoms with Gasteiger partial charge in [0, 0.05) is 31.0 Å². The van der Waals surface area contributed by atoms with Gasteiger partial charge < -0.3 is 9.22 Å². The van der Waals surface area contributed by atoms with Gasteiger partial charge in [-0.15, -0.1) is 0 Å². The first-order valence-corrected chi connectivity index (χ1v) is 10.7. The Hall–Kier alpha value is -2.59. The molecule has 2 bridgehead atoms. The van der Waals surface area contributed by atoms with E-state index in [2.05, 4.69) is 18.7 Å². The van der Waals surface area contributed by atoms with E-state index in [1.54, 1.807) is 4.90 Å². The Bertz CT molecular complexity index is 813. The van der Waals surface area contributed by atoms with Crippen molar-refractivity contribution >= 4 is 11.8 Å². The highest BCUT2D eigenvalue weighted by atomic mass is 16.6. The topological polar surface area (TPSA) is 29.5 Å². The molecule has 0 aliphatic carbocycles. The highest BCUT2D eigenvalue weighted by Crippen LogP contribution is 2.36. The predicted octanol–water partition coefficient (Wildman–Crippen LogP) is 4.67. The molecule has 0 spiro atoms. The highest BCUT2D eigenvalue weighted by Gasteiger charge is 2.47. The lowest BCUT2D eigenvalue weighted by Gasteiger charge is -2.51. The molecule has 1 amide bonds. The fraction of sp³-hybridized carbons (Fsp3) is 0.400. The van der Waals surface area contributed by atoms with E-state index < -0.39 is 0 Å². The molecule has 5 rings (SSSR count). The smallest absolute Gasteiger partial charge is 0.414 e. The third-order valence-electron chi connectivity index (χ3n) is 6.57. The largest absolute Gasteiger partial charge is 0.440 e. The number of quaternary nitrogens is 1. The second-order valence-corrected chi connectivity index (χ2v) is 8.43. The molecule has 3 aliphatic rings. The van der Waals surface area contributed by atoms with Crippen LogP contribution in [0.25, 0.3) is 0 Å². The summed E-state index contributed by atoms with van der Waals surface area (Å²) in [5, 5.41) is 0. The number of hydrogen-bond donors (Lipinski definition) is 0. The molecule has 0 N–H and O–H groups in total. The van der Waals surface area contributed by atoms with Crippen LogP contribution in [-0.2, 0) is 11.2 Å². The third kappa shape index (κ3) is 4.54. The first-order chi connectivity index (χ1) is 14.2. The van der Waals surface area contributed by atoms with Crippen molar-refractivity contribution in [3.63, 3.8) is 0 Å². The van der Waals surface area contributed by atoms with E-state index >= 15 is 0 Å². The molecule has 4 heteroatoms. The van der Waals surface area contributed by atoms with Crippen molar-refractivity contribution in [2.45, 2.75) is 25.4 Å². The number of fused-ring (bicyclic) bond motifs is 3. The average Bonchev–Trinajstić information content (AvgIpc) is 2.76. The number of amides is 1. The zero-order chi connectivity index (χ0) is 20.1. The number of hydrogen-bond acceptors (Lipinski definition) is 2. The van der Waals surface area contributed by atoms with E-state index in [4.69, 9.17) is 4.74 Å². The van der Waals surface area contributed by atoms with Crippen LogP contribution in [0, 0.1) is 5.92 Å². The minimum Gasteiger partial charge on any atom is -0.440 e. The van der Waals surface area contributed by atoms with Gasteiger partial charge in [-0.2, -0.15) is 0 Å². The minimum atomic E-state index is -0.220. The second-order valence-electron chi connectivity index (χ2n) is 8.43. The molecule has 0 unspecified atom stereocenters. The number of ether oxygens (including phenoxy) is 1. The molecule has 3 aliphatic heterocycles. The Kier molecular flexibility index (Phi) is 6.00. The maximum atomic E-state index is 13.2. The fourth-order valence-corrected chi connectivity index (χ4v) is 4.90. The SMILES string of the molecule is C=CC[N+]12CCC(CC1)[C@@H](OC(=O)N(CCc1ccccc1)c1ccccc1)C2. The van der Waals surface area contributed by atoms with Crippen LogP contribution in [-0.4, -0.2) is 49.4 Å². The summed E-state index contributed by atoms with van der Waals surface area (Å²) in [6, 6.07) is 20.2. The number of nitrogens with zero attached hydrogens (tertiary/aromatic N) is 2. The second kappa shape index (κ2) is 8.83. The van der Waals surface area contributed by atoms with Gasteiger partial charge >= 0.3 is 6.09 Å². The monoisotopic (exact) mass is 391 g/mol. The van der Waals surface area contributed by atoms with Crippen LogP contribution < -0.4 is 4.90 Å². The maximum absolute atomic E-state index is 13.2. The van der Waals surface area contributed by atoms with Gasteiger partial charge in [-0.1, -0.05) is 55.1 Å². The van der Waals surface area contributed by atoms with Gasteiger partial charge in [0.2, 0.25) is 0 Å². The number of rotatable bonds is 7. The van der Waals surface area contributed by atoms with Crippen molar-refractivity contribution in [1.82, 2.24) is 0 Å². The van der Waals surface area contributed by atoms with Gasteiger partial charge in [0.05, 0.1) is 19.6 Å². The zero-order valence-electron chi connectivity index (χ0n) is 17.1. The Morgan fingerprint density at radius 2 is 1.72 bits per heavy atom. The quantitative estimate of drug-likeness (QED) is 0.507. The summed E-state index contributed by atoms with van der Waals surface area (Å²) in [7, 11) is 0. The molecule has 2 aromatic carbocycles. The minimum absolute atomic E-state index is 0.00730. The first kappa shape index (κ1) is 19.7. The number of carbonyl (C=O) groups is 1. The lowest BCUT2D eigenvalue weighted by molar-refractivity contribution is -0.941. The summed E-state index contributed by atoms with van der Waals surface area (Å²) >= 11 is 0. The van der Waals surface area contributed by atoms with Crippen molar-refractivity contribution in [2.24, 2.45) is 5.92 Å². The van der Waals surface area contributed by atoms with Crippen molar-refractivity contribution in [3.8, 4) is 0 Å². The molecule has 0 radical (unpaired) electrons. The van der Waals surface area contributed by atoms with E-state index in [1.165, 1.54) is 18.7 Å². The van der Waals surface area contributed by atoms with Gasteiger partial charge in [-0.25, -0.2) is 4.79 Å². The maximum Gasteiger partial charge on any atom is 0.414 e. The molecule has 2 aromatic rings. The first-order valence-electron chi connectivity index (χ1n) is 10.7. The van der Waals surface area contributed by atoms with Crippen LogP contribution in [0.3, 0.4) is 0 Å². The molecule has 152 valence electrons. The predicted molar refractivity (Wildman–Crippen MR) is 117 cm³/mol. The van der Waals surface area contributed by atoms with Crippen LogP contribution in [0.4, 0.5) is 10.5 Å². The standard InChI is InChI=1S/C25H31N2O2/c1-2-17-27-18-14-22(15-19-27)24(20-27)29-25(28)26(23-11-7-4-8-12-23)16-13-21-9-5-3-6-10-21/h2-12,22,24H,1,13-20H2/q+1/t22?,24-,27?/m0/s1. The zero-order valence-corrected chi connectivity index (χ0v) is 17.1. The van der Waals surface area contributed by atoms with Crippen molar-refractivity contribution in [1.29, 1.82) is 0 Å². The van der Waals surface area contributed by atoms with E-state index in [-0.39, 0.29) is 12.2 Å². The fourth-order valence-electron chi connectivity index (χ4n) is 4.90.